The minimum atomic E-state index is 0.259. The van der Waals surface area contributed by atoms with Crippen molar-refractivity contribution in [2.45, 2.75) is 38.0 Å². The third-order valence-electron chi connectivity index (χ3n) is 5.89. The molecule has 136 valence electrons. The smallest absolute Gasteiger partial charge is 0.231 e. The largest absolute Gasteiger partial charge is 0.312 e. The number of benzene rings is 2. The van der Waals surface area contributed by atoms with E-state index in [0.717, 1.165) is 31.1 Å². The summed E-state index contributed by atoms with van der Waals surface area (Å²) >= 11 is 0. The summed E-state index contributed by atoms with van der Waals surface area (Å²) < 4.78 is 0. The van der Waals surface area contributed by atoms with Crippen molar-refractivity contribution in [1.29, 1.82) is 0 Å². The summed E-state index contributed by atoms with van der Waals surface area (Å²) in [6.07, 6.45) is 5.35. The summed E-state index contributed by atoms with van der Waals surface area (Å²) in [5.74, 6) is 0.987. The average molecular weight is 348 g/mol. The molecular weight excluding hydrogens is 320 g/mol. The van der Waals surface area contributed by atoms with Gasteiger partial charge in [0, 0.05) is 12.2 Å². The fourth-order valence-electron chi connectivity index (χ4n) is 4.38. The molecule has 0 bridgehead atoms. The van der Waals surface area contributed by atoms with Gasteiger partial charge in [0.15, 0.2) is 0 Å². The number of hydrogen-bond acceptors (Lipinski definition) is 2. The van der Waals surface area contributed by atoms with Crippen LogP contribution in [0, 0.1) is 0 Å². The molecule has 0 radical (unpaired) electrons. The lowest BCUT2D eigenvalue weighted by Gasteiger charge is -2.32. The first-order valence-electron chi connectivity index (χ1n) is 9.97. The maximum atomic E-state index is 12.2. The second-order valence-corrected chi connectivity index (χ2v) is 7.58. The minimum absolute atomic E-state index is 0.259. The van der Waals surface area contributed by atoms with E-state index >= 15 is 0 Å². The van der Waals surface area contributed by atoms with Crippen LogP contribution in [-0.4, -0.2) is 37.0 Å². The van der Waals surface area contributed by atoms with Crippen LogP contribution in [0.2, 0.25) is 0 Å². The molecule has 1 fully saturated rings. The topological polar surface area (TPSA) is 23.6 Å². The molecule has 0 saturated carbocycles. The van der Waals surface area contributed by atoms with E-state index < -0.39 is 0 Å². The molecule has 2 aliphatic rings. The van der Waals surface area contributed by atoms with Gasteiger partial charge >= 0.3 is 0 Å². The van der Waals surface area contributed by atoms with Crippen LogP contribution >= 0.6 is 0 Å². The normalized spacial score (nSPS) is 18.3. The van der Waals surface area contributed by atoms with Crippen molar-refractivity contribution >= 4 is 11.6 Å². The van der Waals surface area contributed by atoms with Crippen LogP contribution in [0.1, 0.15) is 42.7 Å². The van der Waals surface area contributed by atoms with E-state index in [9.17, 15) is 4.79 Å². The van der Waals surface area contributed by atoms with Gasteiger partial charge in [-0.2, -0.15) is 0 Å². The number of rotatable bonds is 6. The Morgan fingerprint density at radius 1 is 0.846 bits per heavy atom. The molecule has 0 N–H and O–H groups in total. The number of nitrogens with zero attached hydrogens (tertiary/aromatic N) is 2. The van der Waals surface area contributed by atoms with Crippen LogP contribution in [0.15, 0.2) is 54.6 Å². The van der Waals surface area contributed by atoms with Crippen LogP contribution < -0.4 is 4.90 Å². The highest BCUT2D eigenvalue weighted by atomic mass is 16.2. The Morgan fingerprint density at radius 2 is 1.54 bits per heavy atom. The van der Waals surface area contributed by atoms with Gasteiger partial charge in [0.25, 0.3) is 0 Å². The predicted molar refractivity (Wildman–Crippen MR) is 107 cm³/mol. The number of fused-ring (bicyclic) bond motifs is 1. The summed E-state index contributed by atoms with van der Waals surface area (Å²) in [5, 5.41) is 0. The fourth-order valence-corrected chi connectivity index (χ4v) is 4.38. The Hall–Kier alpha value is -2.13. The molecule has 0 spiro atoms. The Balaban J connectivity index is 1.19. The first-order chi connectivity index (χ1) is 12.8. The highest BCUT2D eigenvalue weighted by Crippen LogP contribution is 2.29. The zero-order chi connectivity index (χ0) is 17.8. The van der Waals surface area contributed by atoms with E-state index in [-0.39, 0.29) is 5.91 Å². The van der Waals surface area contributed by atoms with Crippen molar-refractivity contribution in [3.05, 3.63) is 65.7 Å². The summed E-state index contributed by atoms with van der Waals surface area (Å²) in [4.78, 5) is 16.8. The van der Waals surface area contributed by atoms with Gasteiger partial charge in [0.05, 0.1) is 6.42 Å². The number of hydrogen-bond donors (Lipinski definition) is 0. The van der Waals surface area contributed by atoms with E-state index in [4.69, 9.17) is 0 Å². The molecule has 26 heavy (non-hydrogen) atoms. The van der Waals surface area contributed by atoms with E-state index in [1.807, 2.05) is 17.0 Å². The van der Waals surface area contributed by atoms with Crippen LogP contribution in [0.4, 0.5) is 5.69 Å². The molecule has 3 heteroatoms. The van der Waals surface area contributed by atoms with Crippen LogP contribution in [0.3, 0.4) is 0 Å². The van der Waals surface area contributed by atoms with Crippen LogP contribution in [-0.2, 0) is 11.2 Å². The zero-order valence-electron chi connectivity index (χ0n) is 15.4. The molecule has 3 nitrogen and oxygen atoms in total. The Labute approximate surface area is 156 Å². The number of amides is 1. The van der Waals surface area contributed by atoms with Crippen molar-refractivity contribution in [2.75, 3.05) is 31.1 Å². The van der Waals surface area contributed by atoms with Gasteiger partial charge in [-0.25, -0.2) is 0 Å². The van der Waals surface area contributed by atoms with Crippen molar-refractivity contribution in [2.24, 2.45) is 0 Å². The lowest BCUT2D eigenvalue weighted by Crippen LogP contribution is -2.34. The first-order valence-corrected chi connectivity index (χ1v) is 9.97. The quantitative estimate of drug-likeness (QED) is 0.729. The number of piperidine rings is 1. The second-order valence-electron chi connectivity index (χ2n) is 7.58. The van der Waals surface area contributed by atoms with Gasteiger partial charge in [-0.3, -0.25) is 4.79 Å². The number of unbranched alkanes of at least 4 members (excludes halogenated alkanes) is 1. The summed E-state index contributed by atoms with van der Waals surface area (Å²) in [6.45, 7) is 4.41. The number of carbonyl (C=O) groups is 1. The molecule has 2 heterocycles. The van der Waals surface area contributed by atoms with E-state index in [1.165, 1.54) is 43.5 Å². The number of para-hydroxylation sites is 1. The lowest BCUT2D eigenvalue weighted by molar-refractivity contribution is -0.117. The molecule has 2 aliphatic heterocycles. The van der Waals surface area contributed by atoms with Gasteiger partial charge in [-0.05, 0) is 68.4 Å². The van der Waals surface area contributed by atoms with Crippen molar-refractivity contribution in [3.8, 4) is 0 Å². The highest BCUT2D eigenvalue weighted by molar-refractivity contribution is 6.01. The molecule has 1 saturated heterocycles. The van der Waals surface area contributed by atoms with Gasteiger partial charge in [-0.15, -0.1) is 0 Å². The molecule has 0 aliphatic carbocycles. The summed E-state index contributed by atoms with van der Waals surface area (Å²) in [7, 11) is 0. The summed E-state index contributed by atoms with van der Waals surface area (Å²) in [6, 6.07) is 19.1. The number of anilines is 1. The number of likely N-dealkylation sites (tertiary alicyclic amines) is 1. The molecule has 0 unspecified atom stereocenters. The lowest BCUT2D eigenvalue weighted by atomic mass is 9.89. The SMILES string of the molecule is O=C1Cc2ccccc2N1CCCCN1CCC(c2ccccc2)CC1. The molecule has 2 aromatic carbocycles. The molecule has 2 aromatic rings. The third-order valence-corrected chi connectivity index (χ3v) is 5.89. The van der Waals surface area contributed by atoms with Crippen molar-refractivity contribution < 1.29 is 4.79 Å². The van der Waals surface area contributed by atoms with E-state index in [0.29, 0.717) is 6.42 Å². The van der Waals surface area contributed by atoms with Gasteiger partial charge in [0.2, 0.25) is 5.91 Å². The molecular formula is C23H28N2O. The Morgan fingerprint density at radius 3 is 2.35 bits per heavy atom. The van der Waals surface area contributed by atoms with Gasteiger partial charge < -0.3 is 9.80 Å². The Bertz CT molecular complexity index is 735. The van der Waals surface area contributed by atoms with Crippen LogP contribution in [0.5, 0.6) is 0 Å². The first kappa shape index (κ1) is 17.3. The minimum Gasteiger partial charge on any atom is -0.312 e. The maximum Gasteiger partial charge on any atom is 0.231 e. The zero-order valence-corrected chi connectivity index (χ0v) is 15.4. The number of carbonyl (C=O) groups excluding carboxylic acids is 1. The molecule has 1 amide bonds. The summed E-state index contributed by atoms with van der Waals surface area (Å²) in [5.41, 5.74) is 3.81. The monoisotopic (exact) mass is 348 g/mol. The maximum absolute atomic E-state index is 12.2. The van der Waals surface area contributed by atoms with E-state index in [2.05, 4.69) is 47.4 Å². The fraction of sp³-hybridized carbons (Fsp3) is 0.435. The predicted octanol–water partition coefficient (Wildman–Crippen LogP) is 4.24. The molecule has 4 rings (SSSR count). The highest BCUT2D eigenvalue weighted by Gasteiger charge is 2.26. The van der Waals surface area contributed by atoms with Crippen LogP contribution in [0.25, 0.3) is 0 Å². The van der Waals surface area contributed by atoms with E-state index in [1.54, 1.807) is 0 Å². The second kappa shape index (κ2) is 8.05. The standard InChI is InChI=1S/C23H28N2O/c26-23-18-21-10-4-5-11-22(21)25(23)15-7-6-14-24-16-12-20(13-17-24)19-8-2-1-3-9-19/h1-5,8-11,20H,6-7,12-18H2. The van der Waals surface area contributed by atoms with Gasteiger partial charge in [0.1, 0.15) is 0 Å². The third kappa shape index (κ3) is 3.83. The average Bonchev–Trinajstić information content (AvgIpc) is 3.01. The van der Waals surface area contributed by atoms with Crippen molar-refractivity contribution in [1.82, 2.24) is 4.90 Å². The Kier molecular flexibility index (Phi) is 5.35. The van der Waals surface area contributed by atoms with Crippen molar-refractivity contribution in [3.63, 3.8) is 0 Å². The van der Waals surface area contributed by atoms with Gasteiger partial charge in [-0.1, -0.05) is 48.5 Å². The molecule has 0 atom stereocenters. The molecule has 0 aromatic heterocycles.